The van der Waals surface area contributed by atoms with Crippen molar-refractivity contribution in [1.82, 2.24) is 0 Å². The minimum Gasteiger partial charge on any atom is -0.396 e. The summed E-state index contributed by atoms with van der Waals surface area (Å²) in [6.45, 7) is 62.5. The third-order valence-electron chi connectivity index (χ3n) is 26.2. The van der Waals surface area contributed by atoms with Crippen molar-refractivity contribution in [2.45, 2.75) is 534 Å². The standard InChI is InChI=1S/11C10H22O3/c1-4-10(13,7-11)6-9(12)5-8(2)3;1-4-9(12)6-10(13,7-11)5-8(2)3;1-4-9(12)10(13)5-8(6-11)7(2)3;1-4-8(12)5-10(13)9(6-11)7(2)3;1-4-9(12)10(13)8(6-11)5-7(2)3;1-4-8(6-11)10(13)9(12)5-7(2)3;1-4-9(12)10(13,7-11)6-5-8(2)3;1-4-5-10(13,7-11)9(12)6-8(2)3;1-4-5-9(12)10(13,7-11)6-8(2)3;2*1-4-5-9(12)10(13)8(6-11)7(2)3/h2*8-9,11-13H,4-7H2,1-3H3;4*7-13H,4-6H2,1-3H3;3*8-9,11-13H,4-7H2,1-3H3;2*7-13H,4-6H2,1-3H3. The van der Waals surface area contributed by atoms with Gasteiger partial charge in [-0.15, -0.1) is 0 Å². The molecule has 33 heteroatoms. The molecule has 0 fully saturated rings. The van der Waals surface area contributed by atoms with Gasteiger partial charge < -0.3 is 169 Å². The largest absolute Gasteiger partial charge is 0.396 e. The van der Waals surface area contributed by atoms with Crippen LogP contribution in [0.1, 0.15) is 402 Å². The summed E-state index contributed by atoms with van der Waals surface area (Å²) in [6, 6.07) is 0. The average Bonchev–Trinajstić information content (AvgIpc) is 0.856. The van der Waals surface area contributed by atoms with Gasteiger partial charge in [-0.1, -0.05) is 254 Å². The van der Waals surface area contributed by atoms with Crippen LogP contribution >= 0.6 is 0 Å². The molecule has 143 heavy (non-hydrogen) atoms. The van der Waals surface area contributed by atoms with Gasteiger partial charge in [0.25, 0.3) is 0 Å². The Morgan fingerprint density at radius 2 is 0.573 bits per heavy atom. The van der Waals surface area contributed by atoms with Crippen LogP contribution in [0.2, 0.25) is 0 Å². The second-order valence-corrected chi connectivity index (χ2v) is 44.8. The van der Waals surface area contributed by atoms with Crippen molar-refractivity contribution >= 4 is 0 Å². The molecule has 0 heterocycles. The molecule has 0 radical (unpaired) electrons. The fourth-order valence-corrected chi connectivity index (χ4v) is 15.7. The maximum atomic E-state index is 9.89. The van der Waals surface area contributed by atoms with Gasteiger partial charge in [0.1, 0.15) is 16.8 Å². The van der Waals surface area contributed by atoms with Gasteiger partial charge in [0.15, 0.2) is 0 Å². The first kappa shape index (κ1) is 164. The summed E-state index contributed by atoms with van der Waals surface area (Å²) in [5, 5.41) is 310. The molecule has 0 bridgehead atoms. The summed E-state index contributed by atoms with van der Waals surface area (Å²) < 4.78 is 0. The molecule has 0 saturated heterocycles. The molecule has 0 saturated carbocycles. The Hall–Kier alpha value is -1.32. The molecule has 0 aromatic heterocycles. The van der Waals surface area contributed by atoms with Crippen LogP contribution in [0.3, 0.4) is 0 Å². The third kappa shape index (κ3) is 85.7. The molecular weight excluding hydrogens is 1850 g/mol. The van der Waals surface area contributed by atoms with Crippen LogP contribution in [0.4, 0.5) is 0 Å². The van der Waals surface area contributed by atoms with E-state index in [1.165, 1.54) is 0 Å². The van der Waals surface area contributed by atoms with E-state index in [2.05, 4.69) is 13.8 Å². The molecule has 0 aliphatic carbocycles. The van der Waals surface area contributed by atoms with Crippen molar-refractivity contribution in [2.75, 3.05) is 72.7 Å². The van der Waals surface area contributed by atoms with E-state index in [4.69, 9.17) is 56.2 Å². The fourth-order valence-electron chi connectivity index (χ4n) is 15.7. The van der Waals surface area contributed by atoms with Crippen molar-refractivity contribution in [3.05, 3.63) is 0 Å². The first-order chi connectivity index (χ1) is 65.9. The van der Waals surface area contributed by atoms with Crippen molar-refractivity contribution < 1.29 is 169 Å². The first-order valence-corrected chi connectivity index (χ1v) is 54.8. The van der Waals surface area contributed by atoms with E-state index in [0.29, 0.717) is 163 Å². The summed E-state index contributed by atoms with van der Waals surface area (Å²) in [5.41, 5.74) is -6.14. The lowest BCUT2D eigenvalue weighted by Crippen LogP contribution is -2.46. The second kappa shape index (κ2) is 96.5. The summed E-state index contributed by atoms with van der Waals surface area (Å²) in [6.07, 6.45) is 3.54. The molecule has 28 atom stereocenters. The van der Waals surface area contributed by atoms with Gasteiger partial charge in [0.2, 0.25) is 0 Å². The number of hydrogen-bond acceptors (Lipinski definition) is 33. The Balaban J connectivity index is -0.000000149. The maximum absolute atomic E-state index is 9.89. The van der Waals surface area contributed by atoms with Gasteiger partial charge in [-0.25, -0.2) is 0 Å². The molecule has 33 N–H and O–H groups in total. The van der Waals surface area contributed by atoms with Crippen molar-refractivity contribution in [1.29, 1.82) is 0 Å². The number of aliphatic hydroxyl groups excluding tert-OH is 28. The predicted molar refractivity (Wildman–Crippen MR) is 576 cm³/mol. The van der Waals surface area contributed by atoms with Crippen LogP contribution in [0.15, 0.2) is 0 Å². The molecule has 0 aromatic carbocycles. The smallest absolute Gasteiger partial charge is 0.114 e. The highest BCUT2D eigenvalue weighted by atomic mass is 16.4. The van der Waals surface area contributed by atoms with Gasteiger partial charge in [-0.2, -0.15) is 0 Å². The minimum absolute atomic E-state index is 0.0186. The molecule has 0 aliphatic heterocycles. The zero-order valence-corrected chi connectivity index (χ0v) is 96.8. The maximum Gasteiger partial charge on any atom is 0.114 e. The zero-order valence-electron chi connectivity index (χ0n) is 96.8. The average molecular weight is 2090 g/mol. The van der Waals surface area contributed by atoms with E-state index in [1.807, 2.05) is 201 Å². The molecule has 33 nitrogen and oxygen atoms in total. The van der Waals surface area contributed by atoms with Crippen LogP contribution in [-0.4, -0.2) is 373 Å². The SMILES string of the molecule is CCC(CO)C(O)C(O)CC(C)C.CCC(O)(CO)CC(O)CC(C)C.CCC(O)C(O)(CO)CCC(C)C.CCC(O)C(O)C(CO)CC(C)C.CCC(O)C(O)CC(CO)C(C)C.CCC(O)CC(O)(CO)CC(C)C.CCC(O)CC(O)C(CO)C(C)C.CCCC(O)(CO)C(O)CC(C)C.CCCC(O)C(O)(CO)CC(C)C.CCCC(O)C(O)C(CO)C(C)C.CCCC(O)C(O)C(CO)C(C)C. The third-order valence-corrected chi connectivity index (χ3v) is 26.2. The Morgan fingerprint density at radius 1 is 0.203 bits per heavy atom. The van der Waals surface area contributed by atoms with E-state index in [9.17, 15) is 112 Å². The Bertz CT molecular complexity index is 2550. The highest BCUT2D eigenvalue weighted by Crippen LogP contribution is 2.31. The Morgan fingerprint density at radius 3 is 0.853 bits per heavy atom. The van der Waals surface area contributed by atoms with E-state index >= 15 is 0 Å². The quantitative estimate of drug-likeness (QED) is 0.0269. The summed E-state index contributed by atoms with van der Waals surface area (Å²) in [4.78, 5) is 0. The van der Waals surface area contributed by atoms with Crippen molar-refractivity contribution in [3.63, 3.8) is 0 Å². The van der Waals surface area contributed by atoms with E-state index in [0.717, 1.165) is 38.5 Å². The lowest BCUT2D eigenvalue weighted by molar-refractivity contribution is -0.118. The normalized spacial score (nSPS) is 18.7. The van der Waals surface area contributed by atoms with E-state index < -0.39 is 132 Å². The van der Waals surface area contributed by atoms with Crippen LogP contribution in [0.25, 0.3) is 0 Å². The minimum atomic E-state index is -1.32. The Kier molecular flexibility index (Phi) is 111. The van der Waals surface area contributed by atoms with Gasteiger partial charge >= 0.3 is 0 Å². The second-order valence-electron chi connectivity index (χ2n) is 44.8. The lowest BCUT2D eigenvalue weighted by Gasteiger charge is -2.32. The van der Waals surface area contributed by atoms with Crippen LogP contribution in [0.5, 0.6) is 0 Å². The highest BCUT2D eigenvalue weighted by molar-refractivity contribution is 4.90. The van der Waals surface area contributed by atoms with Crippen LogP contribution in [0, 0.1) is 101 Å². The fraction of sp³-hybridized carbons (Fsp3) is 1.00. The summed E-state index contributed by atoms with van der Waals surface area (Å²) in [5.74, 6) is 2.65. The number of rotatable bonds is 66. The molecule has 0 spiro atoms. The van der Waals surface area contributed by atoms with Crippen LogP contribution in [-0.2, 0) is 0 Å². The number of aliphatic hydroxyl groups is 33. The first-order valence-electron chi connectivity index (χ1n) is 54.8. The van der Waals surface area contributed by atoms with E-state index in [1.54, 1.807) is 13.8 Å². The number of hydrogen-bond donors (Lipinski definition) is 33. The highest BCUT2D eigenvalue weighted by Gasteiger charge is 2.39. The molecular formula is C110H242O33. The predicted octanol–water partition coefficient (Wildman–Crippen LogP) is 9.22. The van der Waals surface area contributed by atoms with Gasteiger partial charge in [0.05, 0.1) is 148 Å². The van der Waals surface area contributed by atoms with Crippen LogP contribution < -0.4 is 0 Å². The Labute approximate surface area is 871 Å². The van der Waals surface area contributed by atoms with Crippen molar-refractivity contribution in [2.24, 2.45) is 101 Å². The molecule has 0 amide bonds. The summed E-state index contributed by atoms with van der Waals surface area (Å²) >= 11 is 0. The molecule has 0 aliphatic rings. The van der Waals surface area contributed by atoms with E-state index in [-0.39, 0.29) is 145 Å². The molecule has 0 rings (SSSR count). The topological polar surface area (TPSA) is 668 Å². The summed E-state index contributed by atoms with van der Waals surface area (Å²) in [7, 11) is 0. The van der Waals surface area contributed by atoms with Gasteiger partial charge in [-0.3, -0.25) is 0 Å². The molecule has 0 aromatic rings. The van der Waals surface area contributed by atoms with Gasteiger partial charge in [-0.05, 0) is 206 Å². The van der Waals surface area contributed by atoms with Gasteiger partial charge in [0, 0.05) is 82.1 Å². The monoisotopic (exact) mass is 2090 g/mol. The molecule has 28 unspecified atom stereocenters. The molecule has 880 valence electrons. The zero-order chi connectivity index (χ0) is 115. The van der Waals surface area contributed by atoms with Crippen molar-refractivity contribution in [3.8, 4) is 0 Å². The lowest BCUT2D eigenvalue weighted by atomic mass is 9.86.